The maximum atomic E-state index is 13.3. The molecule has 0 unspecified atom stereocenters. The molecular formula is C22H28FN3O2. The first-order chi connectivity index (χ1) is 13.3. The van der Waals surface area contributed by atoms with Crippen LogP contribution in [-0.2, 0) is 17.8 Å². The molecule has 2 heterocycles. The molecule has 0 spiro atoms. The summed E-state index contributed by atoms with van der Waals surface area (Å²) in [5.41, 5.74) is 1.24. The molecule has 6 heteroatoms. The van der Waals surface area contributed by atoms with Gasteiger partial charge in [0.15, 0.2) is 0 Å². The van der Waals surface area contributed by atoms with Gasteiger partial charge in [0.05, 0.1) is 0 Å². The van der Waals surface area contributed by atoms with Crippen molar-refractivity contribution >= 4 is 5.78 Å². The Hall–Kier alpha value is -2.34. The summed E-state index contributed by atoms with van der Waals surface area (Å²) in [4.78, 5) is 23.6. The number of rotatable bonds is 6. The number of piperidine rings is 1. The van der Waals surface area contributed by atoms with Gasteiger partial charge in [0.25, 0.3) is 0 Å². The molecule has 0 N–H and O–H groups in total. The molecule has 150 valence electrons. The summed E-state index contributed by atoms with van der Waals surface area (Å²) in [6, 6.07) is 6.30. The number of likely N-dealkylation sites (tertiary alicyclic amines) is 1. The van der Waals surface area contributed by atoms with Gasteiger partial charge in [0, 0.05) is 31.3 Å². The average molecular weight is 385 g/mol. The highest BCUT2D eigenvalue weighted by Gasteiger charge is 2.26. The molecule has 1 saturated heterocycles. The summed E-state index contributed by atoms with van der Waals surface area (Å²) in [6.07, 6.45) is 5.24. The molecule has 0 bridgehead atoms. The number of benzene rings is 1. The maximum Gasteiger partial charge on any atom is 0.237 e. The number of ketones is 1. The molecular weight excluding hydrogens is 357 g/mol. The van der Waals surface area contributed by atoms with Crippen molar-refractivity contribution < 1.29 is 13.9 Å². The Bertz CT molecular complexity index is 811. The van der Waals surface area contributed by atoms with E-state index in [4.69, 9.17) is 4.74 Å². The van der Waals surface area contributed by atoms with Crippen LogP contribution >= 0.6 is 0 Å². The van der Waals surface area contributed by atoms with Crippen molar-refractivity contribution in [1.82, 2.24) is 14.9 Å². The van der Waals surface area contributed by atoms with E-state index in [0.717, 1.165) is 37.2 Å². The van der Waals surface area contributed by atoms with Crippen LogP contribution in [0.2, 0.25) is 0 Å². The van der Waals surface area contributed by atoms with Crippen LogP contribution < -0.4 is 4.74 Å². The van der Waals surface area contributed by atoms with Crippen molar-refractivity contribution in [3.63, 3.8) is 0 Å². The first kappa shape index (κ1) is 20.4. The van der Waals surface area contributed by atoms with Gasteiger partial charge in [0.2, 0.25) is 5.88 Å². The predicted molar refractivity (Wildman–Crippen MR) is 106 cm³/mol. The van der Waals surface area contributed by atoms with Crippen LogP contribution in [0.15, 0.2) is 36.7 Å². The molecule has 3 rings (SSSR count). The third kappa shape index (κ3) is 5.83. The van der Waals surface area contributed by atoms with E-state index in [0.29, 0.717) is 18.8 Å². The van der Waals surface area contributed by atoms with Crippen LogP contribution in [0.4, 0.5) is 4.39 Å². The number of carbonyl (C=O) groups excluding carboxylic acids is 1. The van der Waals surface area contributed by atoms with Crippen molar-refractivity contribution in [2.24, 2.45) is 5.92 Å². The number of hydrogen-bond acceptors (Lipinski definition) is 5. The molecule has 1 aromatic heterocycles. The van der Waals surface area contributed by atoms with Gasteiger partial charge in [0.1, 0.15) is 22.9 Å². The smallest absolute Gasteiger partial charge is 0.237 e. The lowest BCUT2D eigenvalue weighted by Crippen LogP contribution is -2.37. The van der Waals surface area contributed by atoms with Crippen LogP contribution in [0.5, 0.6) is 5.88 Å². The van der Waals surface area contributed by atoms with Crippen molar-refractivity contribution in [1.29, 1.82) is 0 Å². The molecule has 0 radical (unpaired) electrons. The molecule has 0 saturated carbocycles. The van der Waals surface area contributed by atoms with E-state index >= 15 is 0 Å². The minimum absolute atomic E-state index is 0.0340. The Labute approximate surface area is 166 Å². The molecule has 1 aliphatic rings. The van der Waals surface area contributed by atoms with Crippen molar-refractivity contribution in [2.75, 3.05) is 13.1 Å². The lowest BCUT2D eigenvalue weighted by molar-refractivity contribution is -0.123. The van der Waals surface area contributed by atoms with E-state index in [1.807, 2.05) is 20.8 Å². The van der Waals surface area contributed by atoms with Crippen LogP contribution in [-0.4, -0.2) is 39.3 Å². The van der Waals surface area contributed by atoms with Crippen molar-refractivity contribution in [2.45, 2.75) is 52.2 Å². The van der Waals surface area contributed by atoms with E-state index in [1.54, 1.807) is 24.5 Å². The number of carbonyl (C=O) groups is 1. The number of aromatic nitrogens is 2. The molecule has 1 aromatic carbocycles. The van der Waals surface area contributed by atoms with E-state index in [9.17, 15) is 9.18 Å². The van der Waals surface area contributed by atoms with Crippen molar-refractivity contribution in [3.8, 4) is 5.88 Å². The first-order valence-electron chi connectivity index (χ1n) is 9.78. The average Bonchev–Trinajstić information content (AvgIpc) is 2.63. The van der Waals surface area contributed by atoms with E-state index < -0.39 is 0 Å². The number of nitrogens with zero attached hydrogens (tertiary/aromatic N) is 3. The fourth-order valence-corrected chi connectivity index (χ4v) is 3.46. The second-order valence-corrected chi connectivity index (χ2v) is 8.35. The van der Waals surface area contributed by atoms with Crippen LogP contribution in [0.1, 0.15) is 44.9 Å². The summed E-state index contributed by atoms with van der Waals surface area (Å²) in [5.74, 6) is 0.504. The molecule has 0 amide bonds. The molecule has 0 aliphatic carbocycles. The van der Waals surface area contributed by atoms with Gasteiger partial charge in [-0.25, -0.2) is 9.37 Å². The van der Waals surface area contributed by atoms with Crippen LogP contribution in [0.25, 0.3) is 0 Å². The number of hydrogen-bond donors (Lipinski definition) is 0. The number of Topliss-reactive ketones (excluding diaryl/α,β-unsaturated/α-hetero) is 1. The fraction of sp³-hybridized carbons (Fsp3) is 0.500. The predicted octanol–water partition coefficient (Wildman–Crippen LogP) is 3.82. The Balaban J connectivity index is 1.54. The van der Waals surface area contributed by atoms with Gasteiger partial charge >= 0.3 is 0 Å². The SMILES string of the molecule is CC(C)(C)Oc1nccnc1CN1CCC(C(=O)Cc2cccc(F)c2)CC1. The van der Waals surface area contributed by atoms with E-state index in [2.05, 4.69) is 14.9 Å². The minimum Gasteiger partial charge on any atom is -0.471 e. The summed E-state index contributed by atoms with van der Waals surface area (Å²) in [6.45, 7) is 8.27. The highest BCUT2D eigenvalue weighted by Crippen LogP contribution is 2.24. The zero-order valence-electron chi connectivity index (χ0n) is 16.8. The van der Waals surface area contributed by atoms with Crippen LogP contribution in [0.3, 0.4) is 0 Å². The standard InChI is InChI=1S/C22H28FN3O2/c1-22(2,3)28-21-19(24-9-10-25-21)15-26-11-7-17(8-12-26)20(27)14-16-5-4-6-18(23)13-16/h4-6,9-10,13,17H,7-8,11-12,14-15H2,1-3H3. The van der Waals surface area contributed by atoms with Crippen LogP contribution in [0, 0.1) is 11.7 Å². The third-order valence-corrected chi connectivity index (χ3v) is 4.82. The fourth-order valence-electron chi connectivity index (χ4n) is 3.46. The summed E-state index contributed by atoms with van der Waals surface area (Å²) < 4.78 is 19.2. The summed E-state index contributed by atoms with van der Waals surface area (Å²) >= 11 is 0. The summed E-state index contributed by atoms with van der Waals surface area (Å²) in [7, 11) is 0. The molecule has 1 aliphatic heterocycles. The zero-order chi connectivity index (χ0) is 20.1. The van der Waals surface area contributed by atoms with Gasteiger partial charge in [-0.1, -0.05) is 12.1 Å². The minimum atomic E-state index is -0.332. The highest BCUT2D eigenvalue weighted by molar-refractivity contribution is 5.83. The van der Waals surface area contributed by atoms with Crippen molar-refractivity contribution in [3.05, 3.63) is 53.7 Å². The quantitative estimate of drug-likeness (QED) is 0.757. The topological polar surface area (TPSA) is 55.3 Å². The molecule has 1 fully saturated rings. The van der Waals surface area contributed by atoms with Gasteiger partial charge in [-0.2, -0.15) is 0 Å². The molecule has 2 aromatic rings. The second kappa shape index (κ2) is 8.78. The number of halogens is 1. The molecule has 5 nitrogen and oxygen atoms in total. The number of ether oxygens (including phenoxy) is 1. The highest BCUT2D eigenvalue weighted by atomic mass is 19.1. The Morgan fingerprint density at radius 1 is 1.21 bits per heavy atom. The molecule has 28 heavy (non-hydrogen) atoms. The third-order valence-electron chi connectivity index (χ3n) is 4.82. The Kier molecular flexibility index (Phi) is 6.39. The van der Waals surface area contributed by atoms with Gasteiger partial charge in [-0.15, -0.1) is 0 Å². The summed E-state index contributed by atoms with van der Waals surface area (Å²) in [5, 5.41) is 0. The lowest BCUT2D eigenvalue weighted by atomic mass is 9.89. The lowest BCUT2D eigenvalue weighted by Gasteiger charge is -2.31. The Morgan fingerprint density at radius 3 is 2.61 bits per heavy atom. The van der Waals surface area contributed by atoms with E-state index in [-0.39, 0.29) is 23.1 Å². The van der Waals surface area contributed by atoms with Gasteiger partial charge in [-0.05, 0) is 64.4 Å². The van der Waals surface area contributed by atoms with Gasteiger partial charge < -0.3 is 4.74 Å². The first-order valence-corrected chi connectivity index (χ1v) is 9.78. The second-order valence-electron chi connectivity index (χ2n) is 8.35. The zero-order valence-corrected chi connectivity index (χ0v) is 16.8. The largest absolute Gasteiger partial charge is 0.471 e. The normalized spacial score (nSPS) is 16.1. The molecule has 0 atom stereocenters. The monoisotopic (exact) mass is 385 g/mol. The van der Waals surface area contributed by atoms with E-state index in [1.165, 1.54) is 12.1 Å². The van der Waals surface area contributed by atoms with Gasteiger partial charge in [-0.3, -0.25) is 14.7 Å². The Morgan fingerprint density at radius 2 is 1.93 bits per heavy atom. The maximum absolute atomic E-state index is 13.3.